The van der Waals surface area contributed by atoms with Crippen LogP contribution >= 0.6 is 11.6 Å². The number of rotatable bonds is 10. The lowest BCUT2D eigenvalue weighted by atomic mass is 10.1. The third-order valence-electron chi connectivity index (χ3n) is 5.35. The van der Waals surface area contributed by atoms with Gasteiger partial charge in [0.2, 0.25) is 9.84 Å². The van der Waals surface area contributed by atoms with Crippen molar-refractivity contribution in [2.75, 3.05) is 25.5 Å². The maximum absolute atomic E-state index is 13.0. The number of aliphatic hydroxyl groups excluding tert-OH is 1. The first-order chi connectivity index (χ1) is 17.1. The molecule has 0 radical (unpaired) electrons. The molecule has 0 bridgehead atoms. The molecule has 1 amide bonds. The number of benzene rings is 3. The van der Waals surface area contributed by atoms with E-state index in [1.165, 1.54) is 24.3 Å². The molecule has 0 saturated carbocycles. The van der Waals surface area contributed by atoms with Crippen molar-refractivity contribution in [2.24, 2.45) is 0 Å². The van der Waals surface area contributed by atoms with E-state index in [0.717, 1.165) is 18.7 Å². The Kier molecular flexibility index (Phi) is 9.05. The molecule has 1 atom stereocenters. The average molecular weight is 533 g/mol. The number of halogens is 1. The van der Waals surface area contributed by atoms with Crippen molar-refractivity contribution in [2.45, 2.75) is 22.3 Å². The highest BCUT2D eigenvalue weighted by molar-refractivity contribution is 7.91. The molecular formula is C25H25ClN2O7S. The average Bonchev–Trinajstić information content (AvgIpc) is 2.86. The van der Waals surface area contributed by atoms with E-state index in [1.54, 1.807) is 36.4 Å². The molecule has 36 heavy (non-hydrogen) atoms. The standard InChI is InChI=1S/C25H25ClN2O7S/c1-35-25(32)28-22-10-9-20(14-21(22)24(30)31)36(33,34)19-7-5-16(6-8-19)11-12-27-15-23(29)17-3-2-4-18(26)13-17/h2-10,13-14,23,27,29H,11-12,15H2,1H3,(H,28,32)(H,30,31)/t23-/m1/s1. The second kappa shape index (κ2) is 12.0. The highest BCUT2D eigenvalue weighted by Crippen LogP contribution is 2.26. The third-order valence-corrected chi connectivity index (χ3v) is 7.35. The molecule has 3 aromatic carbocycles. The van der Waals surface area contributed by atoms with Crippen molar-refractivity contribution < 1.29 is 33.0 Å². The smallest absolute Gasteiger partial charge is 0.411 e. The molecule has 3 rings (SSSR count). The Morgan fingerprint density at radius 2 is 1.72 bits per heavy atom. The summed E-state index contributed by atoms with van der Waals surface area (Å²) >= 11 is 5.95. The maximum atomic E-state index is 13.0. The fourth-order valence-electron chi connectivity index (χ4n) is 3.41. The molecule has 11 heteroatoms. The van der Waals surface area contributed by atoms with Crippen LogP contribution in [0.3, 0.4) is 0 Å². The number of hydrogen-bond acceptors (Lipinski definition) is 7. The Balaban J connectivity index is 1.64. The third kappa shape index (κ3) is 6.82. The number of aromatic carboxylic acids is 1. The Morgan fingerprint density at radius 1 is 1.03 bits per heavy atom. The molecule has 9 nitrogen and oxygen atoms in total. The quantitative estimate of drug-likeness (QED) is 0.288. The number of anilines is 1. The minimum atomic E-state index is -4.00. The Morgan fingerprint density at radius 3 is 2.36 bits per heavy atom. The fraction of sp³-hybridized carbons (Fsp3) is 0.200. The van der Waals surface area contributed by atoms with Crippen LogP contribution in [0.25, 0.3) is 0 Å². The van der Waals surface area contributed by atoms with Crippen molar-refractivity contribution in [3.05, 3.63) is 88.4 Å². The predicted molar refractivity (Wildman–Crippen MR) is 134 cm³/mol. The summed E-state index contributed by atoms with van der Waals surface area (Å²) in [6, 6.07) is 16.7. The summed E-state index contributed by atoms with van der Waals surface area (Å²) in [5.41, 5.74) is 1.12. The van der Waals surface area contributed by atoms with Crippen LogP contribution in [0.1, 0.15) is 27.6 Å². The summed E-state index contributed by atoms with van der Waals surface area (Å²) in [6.45, 7) is 0.889. The van der Waals surface area contributed by atoms with Crippen LogP contribution in [-0.2, 0) is 21.0 Å². The van der Waals surface area contributed by atoms with Gasteiger partial charge in [0, 0.05) is 11.6 Å². The van der Waals surface area contributed by atoms with Gasteiger partial charge in [0.15, 0.2) is 0 Å². The fourth-order valence-corrected chi connectivity index (χ4v) is 4.90. The van der Waals surface area contributed by atoms with Gasteiger partial charge in [0.25, 0.3) is 0 Å². The summed E-state index contributed by atoms with van der Waals surface area (Å²) in [5, 5.41) is 25.7. The molecule has 190 valence electrons. The number of nitrogens with one attached hydrogen (secondary N) is 2. The van der Waals surface area contributed by atoms with E-state index in [0.29, 0.717) is 30.1 Å². The van der Waals surface area contributed by atoms with Crippen LogP contribution in [0.4, 0.5) is 10.5 Å². The zero-order chi connectivity index (χ0) is 26.3. The van der Waals surface area contributed by atoms with Crippen LogP contribution in [0.5, 0.6) is 0 Å². The van der Waals surface area contributed by atoms with Crippen LogP contribution in [0.15, 0.2) is 76.5 Å². The molecule has 3 aromatic rings. The molecule has 0 unspecified atom stereocenters. The second-order valence-electron chi connectivity index (χ2n) is 7.80. The van der Waals surface area contributed by atoms with Crippen molar-refractivity contribution in [3.63, 3.8) is 0 Å². The minimum absolute atomic E-state index is 0.000559. The molecular weight excluding hydrogens is 508 g/mol. The van der Waals surface area contributed by atoms with E-state index in [2.05, 4.69) is 15.4 Å². The van der Waals surface area contributed by atoms with Gasteiger partial charge < -0.3 is 20.3 Å². The summed E-state index contributed by atoms with van der Waals surface area (Å²) in [4.78, 5) is 22.8. The van der Waals surface area contributed by atoms with E-state index in [4.69, 9.17) is 11.6 Å². The van der Waals surface area contributed by atoms with Crippen LogP contribution < -0.4 is 10.6 Å². The molecule has 0 spiro atoms. The lowest BCUT2D eigenvalue weighted by Gasteiger charge is -2.13. The number of carboxylic acids is 1. The number of ether oxygens (including phenoxy) is 1. The lowest BCUT2D eigenvalue weighted by Crippen LogP contribution is -2.23. The molecule has 0 aliphatic rings. The minimum Gasteiger partial charge on any atom is -0.478 e. The molecule has 0 fully saturated rings. The van der Waals surface area contributed by atoms with Gasteiger partial charge in [-0.15, -0.1) is 0 Å². The maximum Gasteiger partial charge on any atom is 0.411 e. The van der Waals surface area contributed by atoms with Gasteiger partial charge in [-0.2, -0.15) is 0 Å². The van der Waals surface area contributed by atoms with Gasteiger partial charge in [-0.3, -0.25) is 5.32 Å². The Bertz CT molecular complexity index is 1340. The largest absolute Gasteiger partial charge is 0.478 e. The topological polar surface area (TPSA) is 142 Å². The first kappa shape index (κ1) is 27.2. The predicted octanol–water partition coefficient (Wildman–Crippen LogP) is 3.92. The molecule has 0 saturated heterocycles. The highest BCUT2D eigenvalue weighted by atomic mass is 35.5. The number of aliphatic hydroxyl groups is 1. The van der Waals surface area contributed by atoms with Gasteiger partial charge >= 0.3 is 12.1 Å². The Labute approximate surface area is 213 Å². The summed E-state index contributed by atoms with van der Waals surface area (Å²) in [6.07, 6.45) is -0.988. The van der Waals surface area contributed by atoms with Crippen molar-refractivity contribution >= 4 is 39.2 Å². The van der Waals surface area contributed by atoms with E-state index < -0.39 is 28.0 Å². The molecule has 4 N–H and O–H groups in total. The van der Waals surface area contributed by atoms with Crippen molar-refractivity contribution in [1.82, 2.24) is 5.32 Å². The molecule has 0 heterocycles. The number of amides is 1. The van der Waals surface area contributed by atoms with E-state index in [9.17, 15) is 28.2 Å². The van der Waals surface area contributed by atoms with Gasteiger partial charge in [0.1, 0.15) is 0 Å². The Hall–Kier alpha value is -3.44. The van der Waals surface area contributed by atoms with E-state index in [-0.39, 0.29) is 21.0 Å². The van der Waals surface area contributed by atoms with Crippen molar-refractivity contribution in [1.29, 1.82) is 0 Å². The normalized spacial score (nSPS) is 12.1. The molecule has 0 aromatic heterocycles. The zero-order valence-corrected chi connectivity index (χ0v) is 20.8. The number of sulfone groups is 1. The second-order valence-corrected chi connectivity index (χ2v) is 10.2. The highest BCUT2D eigenvalue weighted by Gasteiger charge is 2.22. The molecule has 0 aliphatic carbocycles. The van der Waals surface area contributed by atoms with Crippen LogP contribution in [-0.4, -0.2) is 50.9 Å². The first-order valence-corrected chi connectivity index (χ1v) is 12.7. The first-order valence-electron chi connectivity index (χ1n) is 10.8. The van der Waals surface area contributed by atoms with Gasteiger partial charge in [-0.1, -0.05) is 35.9 Å². The van der Waals surface area contributed by atoms with Crippen LogP contribution in [0.2, 0.25) is 5.02 Å². The number of carbonyl (C=O) groups is 2. The number of carboxylic acid groups (broad SMARTS) is 1. The SMILES string of the molecule is COC(=O)Nc1ccc(S(=O)(=O)c2ccc(CCNC[C@@H](O)c3cccc(Cl)c3)cc2)cc1C(=O)O. The lowest BCUT2D eigenvalue weighted by molar-refractivity contribution is 0.0697. The van der Waals surface area contributed by atoms with Gasteiger partial charge in [-0.05, 0) is 66.6 Å². The van der Waals surface area contributed by atoms with Crippen LogP contribution in [0, 0.1) is 0 Å². The van der Waals surface area contributed by atoms with Gasteiger partial charge in [0.05, 0.1) is 34.3 Å². The van der Waals surface area contributed by atoms with Crippen molar-refractivity contribution in [3.8, 4) is 0 Å². The summed E-state index contributed by atoms with van der Waals surface area (Å²) < 4.78 is 30.6. The number of hydrogen-bond donors (Lipinski definition) is 4. The number of carbonyl (C=O) groups excluding carboxylic acids is 1. The zero-order valence-electron chi connectivity index (χ0n) is 19.3. The van der Waals surface area contributed by atoms with E-state index in [1.807, 2.05) is 0 Å². The molecule has 0 aliphatic heterocycles. The monoisotopic (exact) mass is 532 g/mol. The summed E-state index contributed by atoms with van der Waals surface area (Å²) in [7, 11) is -2.88. The number of methoxy groups -OCH3 is 1. The van der Waals surface area contributed by atoms with E-state index >= 15 is 0 Å². The summed E-state index contributed by atoms with van der Waals surface area (Å²) in [5.74, 6) is -1.40. The van der Waals surface area contributed by atoms with Gasteiger partial charge in [-0.25, -0.2) is 18.0 Å².